The van der Waals surface area contributed by atoms with E-state index < -0.39 is 17.8 Å². The minimum absolute atomic E-state index is 0.0859. The summed E-state index contributed by atoms with van der Waals surface area (Å²) >= 11 is 0. The molecule has 94 valence electrons. The van der Waals surface area contributed by atoms with Gasteiger partial charge < -0.3 is 10.8 Å². The fraction of sp³-hybridized carbons (Fsp3) is 0.333. The van der Waals surface area contributed by atoms with Gasteiger partial charge in [-0.3, -0.25) is 0 Å². The molecule has 0 spiro atoms. The van der Waals surface area contributed by atoms with Gasteiger partial charge in [0.1, 0.15) is 5.75 Å². The van der Waals surface area contributed by atoms with Crippen molar-refractivity contribution in [2.75, 3.05) is 0 Å². The molecule has 1 aromatic rings. The van der Waals surface area contributed by atoms with Gasteiger partial charge in [-0.05, 0) is 31.5 Å². The Bertz CT molecular complexity index is 426. The van der Waals surface area contributed by atoms with Crippen molar-refractivity contribution in [1.29, 1.82) is 0 Å². The normalized spacial score (nSPS) is 13.5. The molecule has 0 fully saturated rings. The van der Waals surface area contributed by atoms with Crippen LogP contribution < -0.4 is 5.73 Å². The van der Waals surface area contributed by atoms with E-state index in [0.717, 1.165) is 23.8 Å². The van der Waals surface area contributed by atoms with E-state index in [-0.39, 0.29) is 11.3 Å². The summed E-state index contributed by atoms with van der Waals surface area (Å²) in [6, 6.07) is 2.03. The van der Waals surface area contributed by atoms with Crippen LogP contribution in [-0.4, -0.2) is 5.11 Å². The fourth-order valence-corrected chi connectivity index (χ4v) is 1.51. The summed E-state index contributed by atoms with van der Waals surface area (Å²) in [5, 5.41) is 9.51. The second-order valence-electron chi connectivity index (χ2n) is 4.04. The highest BCUT2D eigenvalue weighted by Gasteiger charge is 2.31. The molecule has 0 aliphatic carbocycles. The first-order valence-corrected chi connectivity index (χ1v) is 5.02. The van der Waals surface area contributed by atoms with Crippen molar-refractivity contribution in [1.82, 2.24) is 0 Å². The molecule has 1 atom stereocenters. The van der Waals surface area contributed by atoms with Gasteiger partial charge in [-0.2, -0.15) is 13.2 Å². The maximum Gasteiger partial charge on any atom is 0.416 e. The highest BCUT2D eigenvalue weighted by Crippen LogP contribution is 2.34. The van der Waals surface area contributed by atoms with E-state index in [0.29, 0.717) is 6.42 Å². The number of alkyl halides is 3. The number of aromatic hydroxyl groups is 1. The summed E-state index contributed by atoms with van der Waals surface area (Å²) in [5.41, 5.74) is 5.73. The van der Waals surface area contributed by atoms with Gasteiger partial charge in [-0.25, -0.2) is 0 Å². The third-order valence-corrected chi connectivity index (χ3v) is 2.32. The van der Waals surface area contributed by atoms with Crippen LogP contribution in [0.25, 0.3) is 0 Å². The van der Waals surface area contributed by atoms with Crippen LogP contribution in [0, 0.1) is 0 Å². The Morgan fingerprint density at radius 2 is 2.06 bits per heavy atom. The largest absolute Gasteiger partial charge is 0.508 e. The zero-order valence-electron chi connectivity index (χ0n) is 9.38. The van der Waals surface area contributed by atoms with Crippen LogP contribution in [0.2, 0.25) is 0 Å². The summed E-state index contributed by atoms with van der Waals surface area (Å²) in [6.07, 6.45) is -4.11. The van der Waals surface area contributed by atoms with Gasteiger partial charge in [-0.15, -0.1) is 6.58 Å². The Labute approximate surface area is 97.6 Å². The molecule has 0 aliphatic rings. The molecule has 2 nitrogen and oxygen atoms in total. The van der Waals surface area contributed by atoms with Gasteiger partial charge in [0.05, 0.1) is 5.56 Å². The molecule has 0 bridgehead atoms. The fourth-order valence-electron chi connectivity index (χ4n) is 1.51. The van der Waals surface area contributed by atoms with E-state index in [1.807, 2.05) is 0 Å². The smallest absolute Gasteiger partial charge is 0.416 e. The van der Waals surface area contributed by atoms with Crippen LogP contribution in [0.1, 0.15) is 30.5 Å². The van der Waals surface area contributed by atoms with E-state index in [1.165, 1.54) is 0 Å². The third kappa shape index (κ3) is 3.49. The molecule has 0 amide bonds. The Morgan fingerprint density at radius 1 is 1.47 bits per heavy atom. The number of nitrogens with two attached hydrogens (primary N) is 1. The van der Waals surface area contributed by atoms with Crippen molar-refractivity contribution < 1.29 is 18.3 Å². The van der Waals surface area contributed by atoms with Gasteiger partial charge in [0.2, 0.25) is 0 Å². The highest BCUT2D eigenvalue weighted by atomic mass is 19.4. The lowest BCUT2D eigenvalue weighted by molar-refractivity contribution is -0.137. The van der Waals surface area contributed by atoms with Crippen molar-refractivity contribution >= 4 is 0 Å². The highest BCUT2D eigenvalue weighted by molar-refractivity contribution is 5.39. The second-order valence-corrected chi connectivity index (χ2v) is 4.04. The number of halogens is 3. The van der Waals surface area contributed by atoms with Crippen LogP contribution in [-0.2, 0) is 6.18 Å². The summed E-state index contributed by atoms with van der Waals surface area (Å²) < 4.78 is 37.5. The molecule has 0 aliphatic heterocycles. The van der Waals surface area contributed by atoms with Crippen molar-refractivity contribution in [2.45, 2.75) is 25.6 Å². The minimum Gasteiger partial charge on any atom is -0.508 e. The molecule has 5 heteroatoms. The molecule has 0 saturated heterocycles. The summed E-state index contributed by atoms with van der Waals surface area (Å²) in [5.74, 6) is -0.230. The minimum atomic E-state index is -4.44. The molecule has 17 heavy (non-hydrogen) atoms. The molecular formula is C12H14F3NO. The second kappa shape index (κ2) is 4.79. The molecule has 0 unspecified atom stereocenters. The Morgan fingerprint density at radius 3 is 2.53 bits per heavy atom. The predicted octanol–water partition coefficient (Wildman–Crippen LogP) is 3.38. The monoisotopic (exact) mass is 245 g/mol. The summed E-state index contributed by atoms with van der Waals surface area (Å²) in [4.78, 5) is 0. The number of benzene rings is 1. The SMILES string of the molecule is C=C(C)C[C@H](N)c1cc(C(F)(F)F)ccc1O. The lowest BCUT2D eigenvalue weighted by Crippen LogP contribution is -2.13. The molecule has 0 aromatic heterocycles. The quantitative estimate of drug-likeness (QED) is 0.802. The maximum absolute atomic E-state index is 12.5. The first-order valence-electron chi connectivity index (χ1n) is 5.02. The van der Waals surface area contributed by atoms with E-state index in [9.17, 15) is 18.3 Å². The Kier molecular flexibility index (Phi) is 3.83. The number of rotatable bonds is 3. The molecular weight excluding hydrogens is 231 g/mol. The average molecular weight is 245 g/mol. The maximum atomic E-state index is 12.5. The van der Waals surface area contributed by atoms with Gasteiger partial charge in [-0.1, -0.05) is 5.57 Å². The van der Waals surface area contributed by atoms with Crippen LogP contribution in [0.5, 0.6) is 5.75 Å². The number of hydrogen-bond acceptors (Lipinski definition) is 2. The molecule has 0 radical (unpaired) electrons. The van der Waals surface area contributed by atoms with Crippen molar-refractivity contribution in [2.24, 2.45) is 5.73 Å². The molecule has 0 saturated carbocycles. The van der Waals surface area contributed by atoms with Crippen LogP contribution in [0.4, 0.5) is 13.2 Å². The summed E-state index contributed by atoms with van der Waals surface area (Å²) in [6.45, 7) is 5.36. The molecule has 1 rings (SSSR count). The Hall–Kier alpha value is -1.49. The lowest BCUT2D eigenvalue weighted by atomic mass is 9.98. The van der Waals surface area contributed by atoms with Crippen LogP contribution in [0.3, 0.4) is 0 Å². The molecule has 0 heterocycles. The van der Waals surface area contributed by atoms with Crippen molar-refractivity contribution in [3.63, 3.8) is 0 Å². The van der Waals surface area contributed by atoms with E-state index in [1.54, 1.807) is 6.92 Å². The first kappa shape index (κ1) is 13.6. The van der Waals surface area contributed by atoms with Gasteiger partial charge in [0.25, 0.3) is 0 Å². The summed E-state index contributed by atoms with van der Waals surface area (Å²) in [7, 11) is 0. The van der Waals surface area contributed by atoms with Crippen LogP contribution >= 0.6 is 0 Å². The van der Waals surface area contributed by atoms with E-state index in [4.69, 9.17) is 5.73 Å². The van der Waals surface area contributed by atoms with Gasteiger partial charge in [0.15, 0.2) is 0 Å². The standard InChI is InChI=1S/C12H14F3NO/c1-7(2)5-10(16)9-6-8(12(13,14)15)3-4-11(9)17/h3-4,6,10,17H,1,5,16H2,2H3/t10-/m0/s1. The zero-order chi connectivity index (χ0) is 13.2. The predicted molar refractivity (Wildman–Crippen MR) is 59.5 cm³/mol. The average Bonchev–Trinajstić information content (AvgIpc) is 2.15. The Balaban J connectivity index is 3.10. The van der Waals surface area contributed by atoms with E-state index >= 15 is 0 Å². The number of phenols is 1. The topological polar surface area (TPSA) is 46.2 Å². The van der Waals surface area contributed by atoms with Crippen LogP contribution in [0.15, 0.2) is 30.4 Å². The van der Waals surface area contributed by atoms with Gasteiger partial charge in [0, 0.05) is 11.6 Å². The lowest BCUT2D eigenvalue weighted by Gasteiger charge is -2.16. The van der Waals surface area contributed by atoms with Crippen molar-refractivity contribution in [3.05, 3.63) is 41.5 Å². The van der Waals surface area contributed by atoms with E-state index in [2.05, 4.69) is 6.58 Å². The zero-order valence-corrected chi connectivity index (χ0v) is 9.38. The first-order chi connectivity index (χ1) is 7.71. The molecule has 1 aromatic carbocycles. The number of phenolic OH excluding ortho intramolecular Hbond substituents is 1. The number of hydrogen-bond donors (Lipinski definition) is 2. The van der Waals surface area contributed by atoms with Crippen molar-refractivity contribution in [3.8, 4) is 5.75 Å². The third-order valence-electron chi connectivity index (χ3n) is 2.32. The van der Waals surface area contributed by atoms with Gasteiger partial charge >= 0.3 is 6.18 Å². The molecule has 3 N–H and O–H groups in total.